The molecule has 1 aliphatic rings. The molecule has 8 heteroatoms. The van der Waals surface area contributed by atoms with E-state index in [2.05, 4.69) is 41.5 Å². The van der Waals surface area contributed by atoms with Gasteiger partial charge in [0.2, 0.25) is 5.95 Å². The van der Waals surface area contributed by atoms with E-state index >= 15 is 0 Å². The van der Waals surface area contributed by atoms with Gasteiger partial charge in [0, 0.05) is 36.6 Å². The minimum atomic E-state index is 0. The molecule has 0 unspecified atom stereocenters. The average molecular weight is 451 g/mol. The molecule has 0 spiro atoms. The molecule has 164 valence electrons. The van der Waals surface area contributed by atoms with E-state index in [0.717, 1.165) is 68.1 Å². The van der Waals surface area contributed by atoms with Crippen LogP contribution in [0.2, 0.25) is 0 Å². The van der Waals surface area contributed by atoms with Crippen molar-refractivity contribution in [2.24, 2.45) is 0 Å². The standard InChI is InChI=1S/C22H30N6.2ClH/c1-4-6-7-18-13-21(28-11-10-20(15-28)24-5-2)27-22(25-18)26-19-9-8-16(3)17(12-19)14-23;;/h8-9,12-13,20,24H,4-7,10-11,15H2,1-3H3,(H,25,26,27);2*1H/t20-;;/m0../s1. The van der Waals surface area contributed by atoms with Gasteiger partial charge in [-0.3, -0.25) is 0 Å². The average Bonchev–Trinajstić information content (AvgIpc) is 3.17. The lowest BCUT2D eigenvalue weighted by Crippen LogP contribution is -2.32. The van der Waals surface area contributed by atoms with E-state index in [1.165, 1.54) is 0 Å². The topological polar surface area (TPSA) is 76.9 Å². The molecule has 1 aromatic carbocycles. The van der Waals surface area contributed by atoms with Crippen molar-refractivity contribution >= 4 is 42.3 Å². The van der Waals surface area contributed by atoms with Crippen LogP contribution in [0.1, 0.15) is 49.9 Å². The summed E-state index contributed by atoms with van der Waals surface area (Å²) in [4.78, 5) is 11.8. The number of anilines is 3. The summed E-state index contributed by atoms with van der Waals surface area (Å²) in [5.41, 5.74) is 3.54. The highest BCUT2D eigenvalue weighted by Gasteiger charge is 2.23. The van der Waals surface area contributed by atoms with Crippen LogP contribution in [0.5, 0.6) is 0 Å². The first-order valence-corrected chi connectivity index (χ1v) is 10.3. The monoisotopic (exact) mass is 450 g/mol. The summed E-state index contributed by atoms with van der Waals surface area (Å²) in [5, 5.41) is 16.1. The number of benzene rings is 1. The molecule has 3 rings (SSSR count). The molecule has 2 heterocycles. The Kier molecular flexibility index (Phi) is 10.9. The summed E-state index contributed by atoms with van der Waals surface area (Å²) in [7, 11) is 0. The van der Waals surface area contributed by atoms with Crippen LogP contribution in [0.4, 0.5) is 17.5 Å². The Balaban J connectivity index is 0.00000225. The van der Waals surface area contributed by atoms with Crippen LogP contribution in [-0.2, 0) is 6.42 Å². The zero-order valence-corrected chi connectivity index (χ0v) is 19.6. The van der Waals surface area contributed by atoms with E-state index < -0.39 is 0 Å². The molecule has 6 nitrogen and oxygen atoms in total. The molecular formula is C22H32Cl2N6. The zero-order valence-electron chi connectivity index (χ0n) is 17.9. The third kappa shape index (κ3) is 6.73. The number of nitrogens with one attached hydrogen (secondary N) is 2. The predicted molar refractivity (Wildman–Crippen MR) is 129 cm³/mol. The van der Waals surface area contributed by atoms with E-state index in [4.69, 9.17) is 9.97 Å². The van der Waals surface area contributed by atoms with Gasteiger partial charge >= 0.3 is 0 Å². The van der Waals surface area contributed by atoms with Crippen LogP contribution in [0, 0.1) is 18.3 Å². The van der Waals surface area contributed by atoms with Gasteiger partial charge in [0.15, 0.2) is 0 Å². The number of nitriles is 1. The molecule has 30 heavy (non-hydrogen) atoms. The molecule has 1 aliphatic heterocycles. The fourth-order valence-corrected chi connectivity index (χ4v) is 3.56. The molecule has 2 aromatic rings. The molecule has 2 N–H and O–H groups in total. The number of hydrogen-bond acceptors (Lipinski definition) is 6. The Morgan fingerprint density at radius 2 is 2.00 bits per heavy atom. The number of aromatic nitrogens is 2. The van der Waals surface area contributed by atoms with E-state index in [1.807, 2.05) is 25.1 Å². The molecular weight excluding hydrogens is 419 g/mol. The van der Waals surface area contributed by atoms with Crippen LogP contribution in [0.25, 0.3) is 0 Å². The summed E-state index contributed by atoms with van der Waals surface area (Å²) >= 11 is 0. The fraction of sp³-hybridized carbons (Fsp3) is 0.500. The Morgan fingerprint density at radius 1 is 1.20 bits per heavy atom. The summed E-state index contributed by atoms with van der Waals surface area (Å²) in [6.45, 7) is 9.25. The third-order valence-corrected chi connectivity index (χ3v) is 5.17. The number of hydrogen-bond donors (Lipinski definition) is 2. The maximum atomic E-state index is 9.28. The van der Waals surface area contributed by atoms with Gasteiger partial charge in [-0.25, -0.2) is 4.98 Å². The van der Waals surface area contributed by atoms with Crippen molar-refractivity contribution in [3.8, 4) is 6.07 Å². The molecule has 0 aliphatic carbocycles. The summed E-state index contributed by atoms with van der Waals surface area (Å²) in [6, 6.07) is 10.7. The maximum Gasteiger partial charge on any atom is 0.229 e. The number of nitrogens with zero attached hydrogens (tertiary/aromatic N) is 4. The van der Waals surface area contributed by atoms with E-state index in [9.17, 15) is 5.26 Å². The van der Waals surface area contributed by atoms with Crippen molar-refractivity contribution in [2.75, 3.05) is 29.9 Å². The second-order valence-electron chi connectivity index (χ2n) is 7.40. The summed E-state index contributed by atoms with van der Waals surface area (Å²) in [6.07, 6.45) is 4.33. The maximum absolute atomic E-state index is 9.28. The van der Waals surface area contributed by atoms with Gasteiger partial charge in [-0.1, -0.05) is 26.3 Å². The van der Waals surface area contributed by atoms with Gasteiger partial charge in [0.05, 0.1) is 11.6 Å². The molecule has 0 saturated carbocycles. The van der Waals surface area contributed by atoms with Crippen LogP contribution in [0.3, 0.4) is 0 Å². The lowest BCUT2D eigenvalue weighted by molar-refractivity contribution is 0.571. The minimum absolute atomic E-state index is 0. The molecule has 1 atom stereocenters. The largest absolute Gasteiger partial charge is 0.355 e. The first-order valence-electron chi connectivity index (χ1n) is 10.3. The van der Waals surface area contributed by atoms with Crippen molar-refractivity contribution in [2.45, 2.75) is 52.5 Å². The predicted octanol–water partition coefficient (Wildman–Crippen LogP) is 4.77. The SMILES string of the molecule is CCCCc1cc(N2CC[C@H](NCC)C2)nc(Nc2ccc(C)c(C#N)c2)n1.Cl.Cl. The fourth-order valence-electron chi connectivity index (χ4n) is 3.56. The highest BCUT2D eigenvalue weighted by atomic mass is 35.5. The van der Waals surface area contributed by atoms with Crippen LogP contribution < -0.4 is 15.5 Å². The Hall–Kier alpha value is -2.07. The quantitative estimate of drug-likeness (QED) is 0.602. The zero-order chi connectivity index (χ0) is 19.9. The second-order valence-corrected chi connectivity index (χ2v) is 7.40. The van der Waals surface area contributed by atoms with Gasteiger partial charge in [0.25, 0.3) is 0 Å². The third-order valence-electron chi connectivity index (χ3n) is 5.17. The van der Waals surface area contributed by atoms with E-state index in [-0.39, 0.29) is 24.8 Å². The summed E-state index contributed by atoms with van der Waals surface area (Å²) in [5.74, 6) is 1.58. The first kappa shape index (κ1) is 26.0. The van der Waals surface area contributed by atoms with Crippen LogP contribution >= 0.6 is 24.8 Å². The number of unbranched alkanes of at least 4 members (excludes halogenated alkanes) is 1. The molecule has 0 amide bonds. The number of likely N-dealkylation sites (N-methyl/N-ethyl adjacent to an activating group) is 1. The molecule has 1 aromatic heterocycles. The highest BCUT2D eigenvalue weighted by Crippen LogP contribution is 2.24. The lowest BCUT2D eigenvalue weighted by atomic mass is 10.1. The minimum Gasteiger partial charge on any atom is -0.355 e. The van der Waals surface area contributed by atoms with Gasteiger partial charge in [0.1, 0.15) is 5.82 Å². The Morgan fingerprint density at radius 3 is 2.70 bits per heavy atom. The van der Waals surface area contributed by atoms with Gasteiger partial charge in [-0.15, -0.1) is 24.8 Å². The van der Waals surface area contributed by atoms with Crippen LogP contribution in [-0.4, -0.2) is 35.6 Å². The van der Waals surface area contributed by atoms with Gasteiger partial charge in [-0.05, 0) is 50.4 Å². The van der Waals surface area contributed by atoms with Crippen molar-refractivity contribution in [3.63, 3.8) is 0 Å². The van der Waals surface area contributed by atoms with E-state index in [0.29, 0.717) is 17.6 Å². The number of rotatable bonds is 8. The summed E-state index contributed by atoms with van der Waals surface area (Å²) < 4.78 is 0. The van der Waals surface area contributed by atoms with E-state index in [1.54, 1.807) is 0 Å². The van der Waals surface area contributed by atoms with Crippen molar-refractivity contribution in [1.29, 1.82) is 5.26 Å². The molecule has 1 fully saturated rings. The van der Waals surface area contributed by atoms with Gasteiger partial charge < -0.3 is 15.5 Å². The number of aryl methyl sites for hydroxylation is 2. The smallest absolute Gasteiger partial charge is 0.229 e. The van der Waals surface area contributed by atoms with Crippen molar-refractivity contribution < 1.29 is 0 Å². The molecule has 1 saturated heterocycles. The normalized spacial score (nSPS) is 15.1. The molecule has 0 bridgehead atoms. The van der Waals surface area contributed by atoms with Crippen molar-refractivity contribution in [3.05, 3.63) is 41.1 Å². The highest BCUT2D eigenvalue weighted by molar-refractivity contribution is 5.85. The van der Waals surface area contributed by atoms with Crippen molar-refractivity contribution in [1.82, 2.24) is 15.3 Å². The van der Waals surface area contributed by atoms with Gasteiger partial charge in [-0.2, -0.15) is 10.2 Å². The van der Waals surface area contributed by atoms with Crippen LogP contribution in [0.15, 0.2) is 24.3 Å². The lowest BCUT2D eigenvalue weighted by Gasteiger charge is -2.19. The second kappa shape index (κ2) is 12.6. The number of halogens is 2. The Labute approximate surface area is 192 Å². The first-order chi connectivity index (χ1) is 13.6. The Bertz CT molecular complexity index is 852. The molecule has 0 radical (unpaired) electrons.